The van der Waals surface area contributed by atoms with Crippen LogP contribution in [0.2, 0.25) is 0 Å². The van der Waals surface area contributed by atoms with Crippen LogP contribution in [0.15, 0.2) is 12.4 Å². The van der Waals surface area contributed by atoms with Gasteiger partial charge in [0.15, 0.2) is 0 Å². The summed E-state index contributed by atoms with van der Waals surface area (Å²) >= 11 is 0. The Kier molecular flexibility index (Phi) is 4.53. The molecule has 3 N–H and O–H groups in total. The molecule has 0 atom stereocenters. The molecule has 0 saturated carbocycles. The van der Waals surface area contributed by atoms with E-state index < -0.39 is 0 Å². The molecule has 21 heavy (non-hydrogen) atoms. The van der Waals surface area contributed by atoms with Crippen molar-refractivity contribution in [1.82, 2.24) is 24.7 Å². The fourth-order valence-electron chi connectivity index (χ4n) is 1.74. The van der Waals surface area contributed by atoms with Crippen molar-refractivity contribution in [1.29, 1.82) is 0 Å². The average molecular weight is 292 g/mol. The van der Waals surface area contributed by atoms with E-state index in [0.29, 0.717) is 12.5 Å². The van der Waals surface area contributed by atoms with E-state index in [1.54, 1.807) is 10.9 Å². The molecular weight excluding hydrogens is 272 g/mol. The lowest BCUT2D eigenvalue weighted by Gasteiger charge is -2.17. The topological polar surface area (TPSA) is 107 Å². The quantitative estimate of drug-likeness (QED) is 0.579. The summed E-state index contributed by atoms with van der Waals surface area (Å²) in [5.74, 6) is 6.11. The molecule has 0 spiro atoms. The number of nitrogens with two attached hydrogens (primary N) is 1. The molecule has 9 heteroatoms. The van der Waals surface area contributed by atoms with Crippen LogP contribution in [0, 0.1) is 0 Å². The summed E-state index contributed by atoms with van der Waals surface area (Å²) in [6, 6.07) is 0.237. The van der Waals surface area contributed by atoms with Gasteiger partial charge in [-0.1, -0.05) is 0 Å². The first-order valence-corrected chi connectivity index (χ1v) is 6.56. The Balaban J connectivity index is 2.20. The number of hydrazine groups is 1. The Bertz CT molecular complexity index is 597. The molecular formula is C12H20N8O. The minimum absolute atomic E-state index is 0.0329. The van der Waals surface area contributed by atoms with Crippen molar-refractivity contribution in [2.75, 3.05) is 17.4 Å². The maximum absolute atomic E-state index is 5.50. The van der Waals surface area contributed by atoms with Crippen molar-refractivity contribution in [2.45, 2.75) is 26.5 Å². The average Bonchev–Trinajstić information content (AvgIpc) is 2.82. The fraction of sp³-hybridized carbons (Fsp3) is 0.500. The van der Waals surface area contributed by atoms with Gasteiger partial charge in [-0.25, -0.2) is 5.84 Å². The van der Waals surface area contributed by atoms with E-state index >= 15 is 0 Å². The van der Waals surface area contributed by atoms with E-state index in [-0.39, 0.29) is 18.1 Å². The summed E-state index contributed by atoms with van der Waals surface area (Å²) in [6.07, 6.45) is 3.70. The van der Waals surface area contributed by atoms with Gasteiger partial charge in [0.1, 0.15) is 0 Å². The lowest BCUT2D eigenvalue weighted by Crippen LogP contribution is -2.22. The highest BCUT2D eigenvalue weighted by molar-refractivity contribution is 5.37. The Morgan fingerprint density at radius 3 is 2.71 bits per heavy atom. The number of hydrogen-bond acceptors (Lipinski definition) is 8. The highest BCUT2D eigenvalue weighted by Gasteiger charge is 2.12. The Morgan fingerprint density at radius 2 is 2.14 bits per heavy atom. The van der Waals surface area contributed by atoms with Crippen molar-refractivity contribution in [3.63, 3.8) is 0 Å². The van der Waals surface area contributed by atoms with E-state index in [2.05, 4.69) is 25.5 Å². The van der Waals surface area contributed by atoms with Crippen molar-refractivity contribution >= 4 is 11.9 Å². The smallest absolute Gasteiger partial charge is 0.323 e. The number of aryl methyl sites for hydroxylation is 1. The molecule has 0 fully saturated rings. The van der Waals surface area contributed by atoms with Gasteiger partial charge >= 0.3 is 6.01 Å². The van der Waals surface area contributed by atoms with Crippen LogP contribution in [0.25, 0.3) is 0 Å². The number of anilines is 2. The van der Waals surface area contributed by atoms with Gasteiger partial charge in [0.25, 0.3) is 0 Å². The van der Waals surface area contributed by atoms with Gasteiger partial charge in [-0.05, 0) is 13.8 Å². The molecule has 0 saturated heterocycles. The number of nitrogen functional groups attached to an aromatic ring is 1. The van der Waals surface area contributed by atoms with Crippen LogP contribution in [0.1, 0.15) is 19.4 Å². The number of rotatable bonds is 6. The maximum Gasteiger partial charge on any atom is 0.323 e. The van der Waals surface area contributed by atoms with E-state index in [1.807, 2.05) is 39.0 Å². The first-order valence-electron chi connectivity index (χ1n) is 6.56. The Hall–Kier alpha value is -2.42. The third kappa shape index (κ3) is 4.02. The number of aromatic nitrogens is 5. The molecule has 2 aromatic rings. The van der Waals surface area contributed by atoms with Crippen molar-refractivity contribution in [3.05, 3.63) is 18.0 Å². The minimum Gasteiger partial charge on any atom is -0.461 e. The van der Waals surface area contributed by atoms with Gasteiger partial charge in [-0.3, -0.25) is 10.1 Å². The number of ether oxygens (including phenoxy) is 1. The highest BCUT2D eigenvalue weighted by Crippen LogP contribution is 2.16. The molecule has 2 aromatic heterocycles. The Labute approximate surface area is 123 Å². The van der Waals surface area contributed by atoms with Crippen molar-refractivity contribution in [3.8, 4) is 6.01 Å². The maximum atomic E-state index is 5.50. The van der Waals surface area contributed by atoms with Crippen LogP contribution in [0.3, 0.4) is 0 Å². The molecule has 9 nitrogen and oxygen atoms in total. The fourth-order valence-corrected chi connectivity index (χ4v) is 1.74. The van der Waals surface area contributed by atoms with Gasteiger partial charge in [0, 0.05) is 32.4 Å². The summed E-state index contributed by atoms with van der Waals surface area (Å²) < 4.78 is 7.25. The van der Waals surface area contributed by atoms with Crippen LogP contribution >= 0.6 is 0 Å². The number of nitrogens with zero attached hydrogens (tertiary/aromatic N) is 6. The molecule has 0 aliphatic rings. The zero-order valence-electron chi connectivity index (χ0n) is 12.6. The lowest BCUT2D eigenvalue weighted by atomic mass is 10.3. The predicted molar refractivity (Wildman–Crippen MR) is 78.7 cm³/mol. The molecule has 114 valence electrons. The molecule has 0 bridgehead atoms. The van der Waals surface area contributed by atoms with E-state index in [9.17, 15) is 0 Å². The molecule has 0 radical (unpaired) electrons. The van der Waals surface area contributed by atoms with Crippen LogP contribution < -0.4 is 20.9 Å². The second-order valence-corrected chi connectivity index (χ2v) is 4.93. The van der Waals surface area contributed by atoms with Crippen LogP contribution in [0.4, 0.5) is 11.9 Å². The number of hydrogen-bond donors (Lipinski definition) is 2. The molecule has 2 rings (SSSR count). The third-order valence-corrected chi connectivity index (χ3v) is 2.59. The molecule has 0 unspecified atom stereocenters. The predicted octanol–water partition coefficient (Wildman–Crippen LogP) is 0.314. The zero-order valence-corrected chi connectivity index (χ0v) is 12.6. The standard InChI is InChI=1S/C12H20N8O/c1-8(2)21-12-16-10(18-13)15-11(17-12)19(3)6-9-5-14-20(4)7-9/h5,7-8H,6,13H2,1-4H3,(H,15,16,17,18). The van der Waals surface area contributed by atoms with Gasteiger partial charge < -0.3 is 9.64 Å². The monoisotopic (exact) mass is 292 g/mol. The highest BCUT2D eigenvalue weighted by atomic mass is 16.5. The second kappa shape index (κ2) is 6.35. The minimum atomic E-state index is -0.0329. The molecule has 0 aliphatic carbocycles. The Morgan fingerprint density at radius 1 is 1.38 bits per heavy atom. The van der Waals surface area contributed by atoms with Gasteiger partial charge in [-0.15, -0.1) is 0 Å². The first kappa shape index (κ1) is 15.0. The summed E-state index contributed by atoms with van der Waals surface area (Å²) in [7, 11) is 3.75. The summed E-state index contributed by atoms with van der Waals surface area (Å²) in [4.78, 5) is 14.4. The van der Waals surface area contributed by atoms with Gasteiger partial charge in [0.05, 0.1) is 12.3 Å². The second-order valence-electron chi connectivity index (χ2n) is 4.93. The van der Waals surface area contributed by atoms with E-state index in [4.69, 9.17) is 10.6 Å². The van der Waals surface area contributed by atoms with Gasteiger partial charge in [0.2, 0.25) is 11.9 Å². The van der Waals surface area contributed by atoms with Crippen LogP contribution in [-0.2, 0) is 13.6 Å². The van der Waals surface area contributed by atoms with E-state index in [1.165, 1.54) is 0 Å². The molecule has 0 aliphatic heterocycles. The molecule has 2 heterocycles. The molecule has 0 aromatic carbocycles. The SMILES string of the molecule is CC(C)Oc1nc(NN)nc(N(C)Cc2cnn(C)c2)n1. The third-order valence-electron chi connectivity index (χ3n) is 2.59. The summed E-state index contributed by atoms with van der Waals surface area (Å²) in [6.45, 7) is 4.42. The van der Waals surface area contributed by atoms with E-state index in [0.717, 1.165) is 5.56 Å². The zero-order chi connectivity index (χ0) is 15.4. The van der Waals surface area contributed by atoms with Crippen LogP contribution in [-0.4, -0.2) is 37.9 Å². The number of nitrogens with one attached hydrogen (secondary N) is 1. The first-order chi connectivity index (χ1) is 9.97. The van der Waals surface area contributed by atoms with Crippen molar-refractivity contribution < 1.29 is 4.74 Å². The van der Waals surface area contributed by atoms with Crippen molar-refractivity contribution in [2.24, 2.45) is 12.9 Å². The summed E-state index contributed by atoms with van der Waals surface area (Å²) in [5.41, 5.74) is 3.47. The van der Waals surface area contributed by atoms with Crippen LogP contribution in [0.5, 0.6) is 6.01 Å². The van der Waals surface area contributed by atoms with Gasteiger partial charge in [-0.2, -0.15) is 20.1 Å². The lowest BCUT2D eigenvalue weighted by molar-refractivity contribution is 0.222. The normalized spacial score (nSPS) is 10.8. The summed E-state index contributed by atoms with van der Waals surface area (Å²) in [5, 5.41) is 4.13. The molecule has 0 amide bonds. The largest absolute Gasteiger partial charge is 0.461 e.